The van der Waals surface area contributed by atoms with Crippen LogP contribution in [0.25, 0.3) is 0 Å². The Morgan fingerprint density at radius 3 is 2.59 bits per heavy atom. The van der Waals surface area contributed by atoms with Gasteiger partial charge in [0.25, 0.3) is 5.91 Å². The van der Waals surface area contributed by atoms with E-state index in [0.29, 0.717) is 24.2 Å². The molecule has 0 aliphatic carbocycles. The van der Waals surface area contributed by atoms with Crippen LogP contribution >= 0.6 is 0 Å². The molecule has 2 aliphatic heterocycles. The minimum atomic E-state index is -0.0849. The van der Waals surface area contributed by atoms with Gasteiger partial charge in [0.05, 0.1) is 11.3 Å². The van der Waals surface area contributed by atoms with Gasteiger partial charge in [-0.25, -0.2) is 4.79 Å². The fraction of sp³-hybridized carbons (Fsp3) is 0.750. The predicted octanol–water partition coefficient (Wildman–Crippen LogP) is 0.695. The van der Waals surface area contributed by atoms with Crippen molar-refractivity contribution in [1.82, 2.24) is 29.8 Å². The lowest BCUT2D eigenvalue weighted by atomic mass is 10.0. The number of carbonyl (C=O) groups excluding carboxylic acids is 2. The molecule has 0 radical (unpaired) electrons. The average Bonchev–Trinajstić information content (AvgIpc) is 3.31. The van der Waals surface area contributed by atoms with Crippen LogP contribution in [0.15, 0.2) is 6.20 Å². The summed E-state index contributed by atoms with van der Waals surface area (Å²) < 4.78 is 7.20. The SMILES string of the molecule is Cc1nn(C)cc1C(=O)NCCN(C1CCOCC1)C1CCN(C(=O)N(C)C)C1. The van der Waals surface area contributed by atoms with E-state index in [1.165, 1.54) is 0 Å². The number of urea groups is 1. The Kier molecular flexibility index (Phi) is 7.13. The highest BCUT2D eigenvalue weighted by atomic mass is 16.5. The Morgan fingerprint density at radius 2 is 1.97 bits per heavy atom. The van der Waals surface area contributed by atoms with Gasteiger partial charge in [0.1, 0.15) is 0 Å². The number of ether oxygens (including phenoxy) is 1. The number of nitrogens with zero attached hydrogens (tertiary/aromatic N) is 5. The molecule has 1 unspecified atom stereocenters. The summed E-state index contributed by atoms with van der Waals surface area (Å²) in [6.07, 6.45) is 4.71. The van der Waals surface area contributed by atoms with Gasteiger partial charge >= 0.3 is 6.03 Å². The monoisotopic (exact) mass is 406 g/mol. The molecule has 29 heavy (non-hydrogen) atoms. The van der Waals surface area contributed by atoms with Crippen LogP contribution in [0, 0.1) is 6.92 Å². The molecule has 9 heteroatoms. The van der Waals surface area contributed by atoms with E-state index < -0.39 is 0 Å². The van der Waals surface area contributed by atoms with Crippen molar-refractivity contribution in [1.29, 1.82) is 0 Å². The van der Waals surface area contributed by atoms with Crippen molar-refractivity contribution in [3.05, 3.63) is 17.5 Å². The van der Waals surface area contributed by atoms with Crippen molar-refractivity contribution >= 4 is 11.9 Å². The Labute approximate surface area is 172 Å². The summed E-state index contributed by atoms with van der Waals surface area (Å²) in [5.41, 5.74) is 1.36. The van der Waals surface area contributed by atoms with Crippen LogP contribution in [0.4, 0.5) is 4.79 Å². The normalized spacial score (nSPS) is 20.3. The van der Waals surface area contributed by atoms with Gasteiger partial charge in [0, 0.05) is 78.8 Å². The molecule has 2 fully saturated rings. The highest BCUT2D eigenvalue weighted by Crippen LogP contribution is 2.23. The van der Waals surface area contributed by atoms with Gasteiger partial charge in [-0.2, -0.15) is 5.10 Å². The van der Waals surface area contributed by atoms with Crippen molar-refractivity contribution in [3.63, 3.8) is 0 Å². The van der Waals surface area contributed by atoms with Crippen molar-refractivity contribution in [2.75, 3.05) is 53.5 Å². The summed E-state index contributed by atoms with van der Waals surface area (Å²) in [7, 11) is 5.40. The van der Waals surface area contributed by atoms with Crippen LogP contribution in [-0.2, 0) is 11.8 Å². The Balaban J connectivity index is 1.60. The van der Waals surface area contributed by atoms with Crippen LogP contribution in [0.3, 0.4) is 0 Å². The second-order valence-electron chi connectivity index (χ2n) is 8.20. The molecule has 2 saturated heterocycles. The topological polar surface area (TPSA) is 82.9 Å². The molecule has 0 saturated carbocycles. The van der Waals surface area contributed by atoms with Crippen molar-refractivity contribution in [3.8, 4) is 0 Å². The van der Waals surface area contributed by atoms with E-state index in [9.17, 15) is 9.59 Å². The molecule has 1 N–H and O–H groups in total. The average molecular weight is 407 g/mol. The number of likely N-dealkylation sites (tertiary alicyclic amines) is 1. The summed E-state index contributed by atoms with van der Waals surface area (Å²) in [6.45, 7) is 6.25. The number of hydrogen-bond donors (Lipinski definition) is 1. The minimum Gasteiger partial charge on any atom is -0.381 e. The van der Waals surface area contributed by atoms with Gasteiger partial charge in [0.15, 0.2) is 0 Å². The lowest BCUT2D eigenvalue weighted by Crippen LogP contribution is -2.50. The number of amides is 3. The zero-order valence-corrected chi connectivity index (χ0v) is 18.1. The van der Waals surface area contributed by atoms with Gasteiger partial charge in [0.2, 0.25) is 0 Å². The molecule has 9 nitrogen and oxygen atoms in total. The Hall–Kier alpha value is -2.13. The maximum Gasteiger partial charge on any atom is 0.319 e. The summed E-state index contributed by atoms with van der Waals surface area (Å²) in [4.78, 5) is 30.9. The number of carbonyl (C=O) groups is 2. The van der Waals surface area contributed by atoms with E-state index in [1.54, 1.807) is 29.9 Å². The molecular weight excluding hydrogens is 372 g/mol. The second kappa shape index (κ2) is 9.58. The number of hydrogen-bond acceptors (Lipinski definition) is 5. The quantitative estimate of drug-likeness (QED) is 0.752. The van der Waals surface area contributed by atoms with Crippen molar-refractivity contribution < 1.29 is 14.3 Å². The van der Waals surface area contributed by atoms with Crippen molar-refractivity contribution in [2.24, 2.45) is 7.05 Å². The van der Waals surface area contributed by atoms with Crippen LogP contribution in [-0.4, -0.2) is 102 Å². The molecule has 1 atom stereocenters. The lowest BCUT2D eigenvalue weighted by molar-refractivity contribution is 0.0188. The standard InChI is InChI=1S/C20H34N6O3/c1-15-18(14-24(4)22-15)19(27)21-8-10-26(16-6-11-29-12-7-16)17-5-9-25(13-17)20(28)23(2)3/h14,16-17H,5-13H2,1-4H3,(H,21,27). The third kappa shape index (κ3) is 5.27. The summed E-state index contributed by atoms with van der Waals surface area (Å²) in [5, 5.41) is 7.29. The first-order chi connectivity index (χ1) is 13.9. The third-order valence-electron chi connectivity index (χ3n) is 5.86. The number of rotatable bonds is 6. The van der Waals surface area contributed by atoms with Gasteiger partial charge in [-0.1, -0.05) is 0 Å². The van der Waals surface area contributed by atoms with Gasteiger partial charge < -0.3 is 19.9 Å². The van der Waals surface area contributed by atoms with Crippen molar-refractivity contribution in [2.45, 2.75) is 38.3 Å². The first-order valence-corrected chi connectivity index (χ1v) is 10.4. The largest absolute Gasteiger partial charge is 0.381 e. The fourth-order valence-electron chi connectivity index (χ4n) is 4.37. The van der Waals surface area contributed by atoms with E-state index in [0.717, 1.165) is 57.8 Å². The smallest absolute Gasteiger partial charge is 0.319 e. The molecule has 3 rings (SSSR count). The third-order valence-corrected chi connectivity index (χ3v) is 5.86. The van der Waals surface area contributed by atoms with Crippen LogP contribution < -0.4 is 5.32 Å². The zero-order valence-electron chi connectivity index (χ0n) is 18.1. The Morgan fingerprint density at radius 1 is 1.24 bits per heavy atom. The van der Waals surface area contributed by atoms with E-state index in [-0.39, 0.29) is 11.9 Å². The molecule has 0 spiro atoms. The maximum atomic E-state index is 12.5. The highest BCUT2D eigenvalue weighted by molar-refractivity contribution is 5.94. The molecule has 1 aromatic rings. The summed E-state index contributed by atoms with van der Waals surface area (Å²) in [6, 6.07) is 0.819. The van der Waals surface area contributed by atoms with E-state index in [2.05, 4.69) is 15.3 Å². The first kappa shape index (κ1) is 21.6. The summed E-state index contributed by atoms with van der Waals surface area (Å²) in [5.74, 6) is -0.0849. The fourth-order valence-corrected chi connectivity index (χ4v) is 4.37. The number of aryl methyl sites for hydroxylation is 2. The number of aromatic nitrogens is 2. The molecule has 3 amide bonds. The van der Waals surface area contributed by atoms with Crippen LogP contribution in [0.2, 0.25) is 0 Å². The first-order valence-electron chi connectivity index (χ1n) is 10.4. The van der Waals surface area contributed by atoms with Crippen LogP contribution in [0.5, 0.6) is 0 Å². The zero-order chi connectivity index (χ0) is 21.0. The van der Waals surface area contributed by atoms with E-state index in [4.69, 9.17) is 4.74 Å². The predicted molar refractivity (Wildman–Crippen MR) is 110 cm³/mol. The molecule has 0 bridgehead atoms. The maximum absolute atomic E-state index is 12.5. The molecule has 0 aromatic carbocycles. The molecule has 3 heterocycles. The Bertz CT molecular complexity index is 713. The summed E-state index contributed by atoms with van der Waals surface area (Å²) >= 11 is 0. The molecule has 162 valence electrons. The van der Waals surface area contributed by atoms with E-state index in [1.807, 2.05) is 18.9 Å². The van der Waals surface area contributed by atoms with Gasteiger partial charge in [-0.3, -0.25) is 14.4 Å². The van der Waals surface area contributed by atoms with Crippen LogP contribution in [0.1, 0.15) is 35.3 Å². The molecule has 1 aromatic heterocycles. The van der Waals surface area contributed by atoms with E-state index >= 15 is 0 Å². The number of nitrogens with one attached hydrogen (secondary N) is 1. The highest BCUT2D eigenvalue weighted by Gasteiger charge is 2.34. The second-order valence-corrected chi connectivity index (χ2v) is 8.20. The van der Waals surface area contributed by atoms with Gasteiger partial charge in [-0.15, -0.1) is 0 Å². The lowest BCUT2D eigenvalue weighted by Gasteiger charge is -2.38. The molecule has 2 aliphatic rings. The molecular formula is C20H34N6O3. The minimum absolute atomic E-state index is 0.0692. The van der Waals surface area contributed by atoms with Gasteiger partial charge in [-0.05, 0) is 26.2 Å².